The Balaban J connectivity index is 1.83. The summed E-state index contributed by atoms with van der Waals surface area (Å²) in [7, 11) is 0. The molecular formula is C12H19N3O2S. The molecule has 0 spiro atoms. The monoisotopic (exact) mass is 269 g/mol. The molecule has 0 saturated heterocycles. The van der Waals surface area contributed by atoms with Gasteiger partial charge in [-0.1, -0.05) is 11.8 Å². The normalized spacial score (nSPS) is 18.6. The summed E-state index contributed by atoms with van der Waals surface area (Å²) in [5, 5.41) is 3.96. The van der Waals surface area contributed by atoms with Gasteiger partial charge in [0.25, 0.3) is 5.22 Å². The maximum Gasteiger partial charge on any atom is 0.255 e. The number of oxazole rings is 1. The van der Waals surface area contributed by atoms with Crippen molar-refractivity contribution in [1.29, 1.82) is 0 Å². The Labute approximate surface area is 111 Å². The minimum Gasteiger partial charge on any atom is -0.440 e. The third-order valence-electron chi connectivity index (χ3n) is 3.07. The van der Waals surface area contributed by atoms with E-state index in [9.17, 15) is 4.79 Å². The highest BCUT2D eigenvalue weighted by molar-refractivity contribution is 7.99. The molecule has 3 N–H and O–H groups in total. The minimum absolute atomic E-state index is 0.293. The standard InChI is InChI=1S/C12H19N3O2S/c1-8-7-17-11(14-8)18-6-5-12(2,10(13)16)15-9-3-4-9/h7,9,15H,3-6H2,1-2H3,(H2,13,16). The smallest absolute Gasteiger partial charge is 0.255 e. The fourth-order valence-corrected chi connectivity index (χ4v) is 2.70. The highest BCUT2D eigenvalue weighted by Gasteiger charge is 2.36. The molecule has 1 aliphatic carbocycles. The van der Waals surface area contributed by atoms with Crippen molar-refractivity contribution in [3.05, 3.63) is 12.0 Å². The van der Waals surface area contributed by atoms with Gasteiger partial charge in [0.05, 0.1) is 11.2 Å². The van der Waals surface area contributed by atoms with Crippen LogP contribution in [0.5, 0.6) is 0 Å². The van der Waals surface area contributed by atoms with E-state index in [0.29, 0.717) is 17.7 Å². The molecule has 0 radical (unpaired) electrons. The van der Waals surface area contributed by atoms with E-state index in [1.807, 2.05) is 13.8 Å². The number of amides is 1. The van der Waals surface area contributed by atoms with Gasteiger partial charge in [-0.2, -0.15) is 0 Å². The molecule has 1 aromatic rings. The fraction of sp³-hybridized carbons (Fsp3) is 0.667. The van der Waals surface area contributed by atoms with Crippen molar-refractivity contribution in [2.75, 3.05) is 5.75 Å². The highest BCUT2D eigenvalue weighted by Crippen LogP contribution is 2.26. The first-order valence-corrected chi connectivity index (χ1v) is 7.11. The Morgan fingerprint density at radius 2 is 2.44 bits per heavy atom. The van der Waals surface area contributed by atoms with Crippen molar-refractivity contribution in [1.82, 2.24) is 10.3 Å². The zero-order valence-corrected chi connectivity index (χ0v) is 11.5. The lowest BCUT2D eigenvalue weighted by atomic mass is 9.98. The Kier molecular flexibility index (Phi) is 3.97. The van der Waals surface area contributed by atoms with Gasteiger partial charge in [0.15, 0.2) is 0 Å². The summed E-state index contributed by atoms with van der Waals surface area (Å²) >= 11 is 1.51. The van der Waals surface area contributed by atoms with Crippen LogP contribution in [0.4, 0.5) is 0 Å². The maximum absolute atomic E-state index is 11.5. The summed E-state index contributed by atoms with van der Waals surface area (Å²) in [5.74, 6) is 0.456. The van der Waals surface area contributed by atoms with Gasteiger partial charge in [0, 0.05) is 11.8 Å². The van der Waals surface area contributed by atoms with Crippen LogP contribution in [0.2, 0.25) is 0 Å². The average Bonchev–Trinajstić information content (AvgIpc) is 3.00. The maximum atomic E-state index is 11.5. The van der Waals surface area contributed by atoms with Crippen LogP contribution in [0.1, 0.15) is 31.9 Å². The Hall–Kier alpha value is -1.01. The quantitative estimate of drug-likeness (QED) is 0.732. The van der Waals surface area contributed by atoms with E-state index in [-0.39, 0.29) is 5.91 Å². The van der Waals surface area contributed by atoms with Crippen molar-refractivity contribution < 1.29 is 9.21 Å². The molecule has 1 heterocycles. The van der Waals surface area contributed by atoms with E-state index >= 15 is 0 Å². The summed E-state index contributed by atoms with van der Waals surface area (Å²) < 4.78 is 5.25. The van der Waals surface area contributed by atoms with Crippen molar-refractivity contribution in [3.63, 3.8) is 0 Å². The van der Waals surface area contributed by atoms with Gasteiger partial charge in [-0.25, -0.2) is 4.98 Å². The van der Waals surface area contributed by atoms with Crippen LogP contribution >= 0.6 is 11.8 Å². The first-order valence-electron chi connectivity index (χ1n) is 6.12. The summed E-state index contributed by atoms with van der Waals surface area (Å²) in [5.41, 5.74) is 5.72. The van der Waals surface area contributed by atoms with Gasteiger partial charge in [0.1, 0.15) is 6.26 Å². The molecule has 0 aromatic carbocycles. The molecule has 2 rings (SSSR count). The number of hydrogen-bond donors (Lipinski definition) is 2. The van der Waals surface area contributed by atoms with Gasteiger partial charge in [-0.05, 0) is 33.1 Å². The molecule has 1 aliphatic rings. The number of aryl methyl sites for hydroxylation is 1. The topological polar surface area (TPSA) is 81.1 Å². The van der Waals surface area contributed by atoms with Gasteiger partial charge in [-0.15, -0.1) is 0 Å². The second-order valence-electron chi connectivity index (χ2n) is 4.97. The van der Waals surface area contributed by atoms with E-state index < -0.39 is 5.54 Å². The number of carbonyl (C=O) groups is 1. The first kappa shape index (κ1) is 13.4. The highest BCUT2D eigenvalue weighted by atomic mass is 32.2. The number of aromatic nitrogens is 1. The molecule has 1 saturated carbocycles. The third-order valence-corrected chi connectivity index (χ3v) is 3.91. The molecule has 18 heavy (non-hydrogen) atoms. The lowest BCUT2D eigenvalue weighted by molar-refractivity contribution is -0.124. The number of nitrogens with zero attached hydrogens (tertiary/aromatic N) is 1. The van der Waals surface area contributed by atoms with Gasteiger partial charge < -0.3 is 15.5 Å². The molecule has 1 atom stereocenters. The second-order valence-corrected chi connectivity index (χ2v) is 6.01. The SMILES string of the molecule is Cc1coc(SCCC(C)(NC2CC2)C(N)=O)n1. The predicted octanol–water partition coefficient (Wildman–Crippen LogP) is 1.46. The zero-order valence-electron chi connectivity index (χ0n) is 10.7. The van der Waals surface area contributed by atoms with E-state index in [1.165, 1.54) is 11.8 Å². The van der Waals surface area contributed by atoms with Crippen molar-refractivity contribution in [2.24, 2.45) is 5.73 Å². The van der Waals surface area contributed by atoms with Crippen LogP contribution in [0.25, 0.3) is 0 Å². The van der Waals surface area contributed by atoms with Gasteiger partial charge in [0.2, 0.25) is 5.91 Å². The molecule has 0 aliphatic heterocycles. The van der Waals surface area contributed by atoms with E-state index in [1.54, 1.807) is 6.26 Å². The number of carbonyl (C=O) groups excluding carboxylic acids is 1. The van der Waals surface area contributed by atoms with Crippen molar-refractivity contribution in [3.8, 4) is 0 Å². The fourth-order valence-electron chi connectivity index (χ4n) is 1.69. The Morgan fingerprint density at radius 1 is 1.72 bits per heavy atom. The molecule has 0 bridgehead atoms. The lowest BCUT2D eigenvalue weighted by Gasteiger charge is -2.27. The number of hydrogen-bond acceptors (Lipinski definition) is 5. The number of thioether (sulfide) groups is 1. The lowest BCUT2D eigenvalue weighted by Crippen LogP contribution is -2.54. The minimum atomic E-state index is -0.629. The Bertz CT molecular complexity index is 431. The summed E-state index contributed by atoms with van der Waals surface area (Å²) in [6.45, 7) is 3.75. The predicted molar refractivity (Wildman–Crippen MR) is 70.3 cm³/mol. The summed E-state index contributed by atoms with van der Waals surface area (Å²) in [6, 6.07) is 0.455. The average molecular weight is 269 g/mol. The molecule has 1 aromatic heterocycles. The van der Waals surface area contributed by atoms with Crippen LogP contribution in [-0.2, 0) is 4.79 Å². The molecule has 6 heteroatoms. The van der Waals surface area contributed by atoms with E-state index in [0.717, 1.165) is 24.3 Å². The van der Waals surface area contributed by atoms with Gasteiger partial charge in [-0.3, -0.25) is 4.79 Å². The van der Waals surface area contributed by atoms with E-state index in [2.05, 4.69) is 10.3 Å². The van der Waals surface area contributed by atoms with Crippen LogP contribution in [0, 0.1) is 6.92 Å². The van der Waals surface area contributed by atoms with E-state index in [4.69, 9.17) is 10.2 Å². The number of primary amides is 1. The summed E-state index contributed by atoms with van der Waals surface area (Å²) in [6.07, 6.45) is 4.56. The second kappa shape index (κ2) is 5.32. The number of rotatable bonds is 7. The largest absolute Gasteiger partial charge is 0.440 e. The third kappa shape index (κ3) is 3.49. The first-order chi connectivity index (χ1) is 8.49. The number of nitrogens with one attached hydrogen (secondary N) is 1. The van der Waals surface area contributed by atoms with Gasteiger partial charge >= 0.3 is 0 Å². The van der Waals surface area contributed by atoms with Crippen molar-refractivity contribution >= 4 is 17.7 Å². The zero-order chi connectivity index (χ0) is 13.2. The molecular weight excluding hydrogens is 250 g/mol. The molecule has 1 unspecified atom stereocenters. The molecule has 1 amide bonds. The van der Waals surface area contributed by atoms with Crippen LogP contribution in [0.15, 0.2) is 15.9 Å². The summed E-state index contributed by atoms with van der Waals surface area (Å²) in [4.78, 5) is 15.8. The molecule has 5 nitrogen and oxygen atoms in total. The Morgan fingerprint density at radius 3 is 2.94 bits per heavy atom. The number of nitrogens with two attached hydrogens (primary N) is 1. The van der Waals surface area contributed by atoms with Crippen LogP contribution in [0.3, 0.4) is 0 Å². The molecule has 100 valence electrons. The van der Waals surface area contributed by atoms with Crippen LogP contribution < -0.4 is 11.1 Å². The molecule has 1 fully saturated rings. The van der Waals surface area contributed by atoms with Crippen molar-refractivity contribution in [2.45, 2.75) is 49.9 Å². The van der Waals surface area contributed by atoms with Crippen LogP contribution in [-0.4, -0.2) is 28.2 Å².